The third-order valence-electron chi connectivity index (χ3n) is 3.42. The highest BCUT2D eigenvalue weighted by Gasteiger charge is 2.38. The van der Waals surface area contributed by atoms with Crippen LogP contribution in [0.25, 0.3) is 0 Å². The minimum atomic E-state index is -3.36. The smallest absolute Gasteiger partial charge is 0.159 e. The van der Waals surface area contributed by atoms with Crippen molar-refractivity contribution in [2.45, 2.75) is 31.1 Å². The lowest BCUT2D eigenvalue weighted by atomic mass is 9.96. The SMILES string of the molecule is CC(C)(C(Cc1ccc(F)c(F)c1)NN)S(C)(=O)=O. The predicted octanol–water partition coefficient (Wildman–Crippen LogP) is 1.16. The molecule has 0 aliphatic carbocycles. The molecule has 0 aliphatic rings. The fourth-order valence-corrected chi connectivity index (χ4v) is 2.33. The highest BCUT2D eigenvalue weighted by Crippen LogP contribution is 2.23. The molecule has 3 N–H and O–H groups in total. The predicted molar refractivity (Wildman–Crippen MR) is 70.1 cm³/mol. The van der Waals surface area contributed by atoms with E-state index in [9.17, 15) is 17.2 Å². The molecule has 4 nitrogen and oxygen atoms in total. The summed E-state index contributed by atoms with van der Waals surface area (Å²) in [6.07, 6.45) is 1.29. The summed E-state index contributed by atoms with van der Waals surface area (Å²) in [7, 11) is -3.36. The van der Waals surface area contributed by atoms with E-state index in [1.165, 1.54) is 19.9 Å². The Morgan fingerprint density at radius 3 is 2.32 bits per heavy atom. The summed E-state index contributed by atoms with van der Waals surface area (Å²) in [5.41, 5.74) is 2.91. The maximum atomic E-state index is 13.1. The number of sulfone groups is 1. The van der Waals surface area contributed by atoms with Gasteiger partial charge in [-0.25, -0.2) is 17.2 Å². The second-order valence-electron chi connectivity index (χ2n) is 5.05. The van der Waals surface area contributed by atoms with Crippen molar-refractivity contribution in [1.29, 1.82) is 0 Å². The Balaban J connectivity index is 3.03. The zero-order valence-corrected chi connectivity index (χ0v) is 11.9. The molecular formula is C12H18F2N2O2S. The third-order valence-corrected chi connectivity index (χ3v) is 5.62. The Labute approximate surface area is 111 Å². The summed E-state index contributed by atoms with van der Waals surface area (Å²) in [6.45, 7) is 3.07. The number of hydrogen-bond donors (Lipinski definition) is 2. The highest BCUT2D eigenvalue weighted by molar-refractivity contribution is 7.92. The molecule has 7 heteroatoms. The van der Waals surface area contributed by atoms with Gasteiger partial charge in [-0.1, -0.05) is 6.07 Å². The molecule has 0 fully saturated rings. The van der Waals surface area contributed by atoms with E-state index < -0.39 is 32.3 Å². The van der Waals surface area contributed by atoms with E-state index in [-0.39, 0.29) is 6.42 Å². The molecule has 1 unspecified atom stereocenters. The topological polar surface area (TPSA) is 72.2 Å². The molecule has 0 aromatic heterocycles. The van der Waals surface area contributed by atoms with Gasteiger partial charge in [0, 0.05) is 12.3 Å². The van der Waals surface area contributed by atoms with Crippen LogP contribution < -0.4 is 11.3 Å². The van der Waals surface area contributed by atoms with Gasteiger partial charge in [0.1, 0.15) is 0 Å². The minimum Gasteiger partial charge on any atom is -0.271 e. The first-order valence-corrected chi connectivity index (χ1v) is 7.58. The molecule has 108 valence electrons. The van der Waals surface area contributed by atoms with Crippen molar-refractivity contribution in [2.75, 3.05) is 6.26 Å². The molecule has 0 heterocycles. The lowest BCUT2D eigenvalue weighted by Crippen LogP contribution is -2.55. The highest BCUT2D eigenvalue weighted by atomic mass is 32.2. The summed E-state index contributed by atoms with van der Waals surface area (Å²) >= 11 is 0. The van der Waals surface area contributed by atoms with Crippen LogP contribution >= 0.6 is 0 Å². The molecule has 1 aromatic rings. The van der Waals surface area contributed by atoms with Crippen LogP contribution in [-0.4, -0.2) is 25.5 Å². The van der Waals surface area contributed by atoms with Crippen LogP contribution in [0.3, 0.4) is 0 Å². The van der Waals surface area contributed by atoms with Crippen LogP contribution in [0, 0.1) is 11.6 Å². The van der Waals surface area contributed by atoms with E-state index in [1.54, 1.807) is 0 Å². The van der Waals surface area contributed by atoms with E-state index in [4.69, 9.17) is 5.84 Å². The Kier molecular flexibility index (Phi) is 4.65. The zero-order chi connectivity index (χ0) is 14.8. The molecule has 0 bridgehead atoms. The van der Waals surface area contributed by atoms with Gasteiger partial charge < -0.3 is 0 Å². The number of rotatable bonds is 5. The average Bonchev–Trinajstić information content (AvgIpc) is 2.28. The Bertz CT molecular complexity index is 559. The lowest BCUT2D eigenvalue weighted by Gasteiger charge is -2.32. The summed E-state index contributed by atoms with van der Waals surface area (Å²) in [5, 5.41) is 0. The van der Waals surface area contributed by atoms with Gasteiger partial charge in [-0.05, 0) is 38.0 Å². The van der Waals surface area contributed by atoms with Gasteiger partial charge in [-0.15, -0.1) is 0 Å². The summed E-state index contributed by atoms with van der Waals surface area (Å²) in [4.78, 5) is 0. The number of benzene rings is 1. The molecule has 0 radical (unpaired) electrons. The van der Waals surface area contributed by atoms with Gasteiger partial charge in [0.15, 0.2) is 21.5 Å². The summed E-state index contributed by atoms with van der Waals surface area (Å²) in [5.74, 6) is 3.48. The Morgan fingerprint density at radius 1 is 1.32 bits per heavy atom. The van der Waals surface area contributed by atoms with Crippen LogP contribution in [0.4, 0.5) is 8.78 Å². The lowest BCUT2D eigenvalue weighted by molar-refractivity contribution is 0.411. The molecule has 0 spiro atoms. The van der Waals surface area contributed by atoms with E-state index in [0.717, 1.165) is 18.4 Å². The average molecular weight is 292 g/mol. The zero-order valence-electron chi connectivity index (χ0n) is 11.1. The van der Waals surface area contributed by atoms with Crippen LogP contribution in [-0.2, 0) is 16.3 Å². The minimum absolute atomic E-state index is 0.174. The van der Waals surface area contributed by atoms with E-state index >= 15 is 0 Å². The largest absolute Gasteiger partial charge is 0.271 e. The molecule has 0 amide bonds. The number of nitrogens with two attached hydrogens (primary N) is 1. The second kappa shape index (κ2) is 5.52. The standard InChI is InChI=1S/C12H18F2N2O2S/c1-12(2,19(3,17)18)11(16-15)7-8-4-5-9(13)10(14)6-8/h4-6,11,16H,7,15H2,1-3H3. The van der Waals surface area contributed by atoms with E-state index in [0.29, 0.717) is 5.56 Å². The van der Waals surface area contributed by atoms with Crippen LogP contribution in [0.5, 0.6) is 0 Å². The van der Waals surface area contributed by atoms with Gasteiger partial charge in [0.2, 0.25) is 0 Å². The van der Waals surface area contributed by atoms with E-state index in [2.05, 4.69) is 5.43 Å². The first-order chi connectivity index (χ1) is 8.59. The van der Waals surface area contributed by atoms with Crippen molar-refractivity contribution < 1.29 is 17.2 Å². The molecule has 1 rings (SSSR count). The molecular weight excluding hydrogens is 274 g/mol. The first-order valence-electron chi connectivity index (χ1n) is 5.69. The van der Waals surface area contributed by atoms with Crippen LogP contribution in [0.15, 0.2) is 18.2 Å². The van der Waals surface area contributed by atoms with Crippen LogP contribution in [0.1, 0.15) is 19.4 Å². The van der Waals surface area contributed by atoms with Gasteiger partial charge in [-0.3, -0.25) is 11.3 Å². The summed E-state index contributed by atoms with van der Waals surface area (Å²) < 4.78 is 48.3. The first kappa shape index (κ1) is 16.0. The normalized spacial score (nSPS) is 14.4. The molecule has 19 heavy (non-hydrogen) atoms. The maximum absolute atomic E-state index is 13.1. The molecule has 0 saturated carbocycles. The van der Waals surface area contributed by atoms with Crippen molar-refractivity contribution in [1.82, 2.24) is 5.43 Å². The Morgan fingerprint density at radius 2 is 1.89 bits per heavy atom. The molecule has 1 atom stereocenters. The van der Waals surface area contributed by atoms with Crippen molar-refractivity contribution in [3.05, 3.63) is 35.4 Å². The molecule has 0 saturated heterocycles. The molecule has 0 aliphatic heterocycles. The second-order valence-corrected chi connectivity index (χ2v) is 7.64. The number of hydrazine groups is 1. The van der Waals surface area contributed by atoms with Crippen molar-refractivity contribution in [2.24, 2.45) is 5.84 Å². The van der Waals surface area contributed by atoms with Crippen molar-refractivity contribution in [3.8, 4) is 0 Å². The van der Waals surface area contributed by atoms with Crippen LogP contribution in [0.2, 0.25) is 0 Å². The third kappa shape index (κ3) is 3.49. The van der Waals surface area contributed by atoms with Crippen molar-refractivity contribution in [3.63, 3.8) is 0 Å². The van der Waals surface area contributed by atoms with Gasteiger partial charge in [0.25, 0.3) is 0 Å². The van der Waals surface area contributed by atoms with Gasteiger partial charge in [0.05, 0.1) is 4.75 Å². The van der Waals surface area contributed by atoms with Crippen molar-refractivity contribution >= 4 is 9.84 Å². The number of nitrogens with one attached hydrogen (secondary N) is 1. The maximum Gasteiger partial charge on any atom is 0.159 e. The van der Waals surface area contributed by atoms with E-state index in [1.807, 2.05) is 0 Å². The van der Waals surface area contributed by atoms with Gasteiger partial charge >= 0.3 is 0 Å². The molecule has 1 aromatic carbocycles. The Hall–Kier alpha value is -1.05. The summed E-state index contributed by atoms with van der Waals surface area (Å²) in [6, 6.07) is 2.83. The quantitative estimate of drug-likeness (QED) is 0.631. The number of halogens is 2. The number of hydrogen-bond acceptors (Lipinski definition) is 4. The fraction of sp³-hybridized carbons (Fsp3) is 0.500. The monoisotopic (exact) mass is 292 g/mol. The fourth-order valence-electron chi connectivity index (χ4n) is 1.67. The van der Waals surface area contributed by atoms with Gasteiger partial charge in [-0.2, -0.15) is 0 Å².